The molecular formula is C21H20N4O4. The van der Waals surface area contributed by atoms with Gasteiger partial charge in [-0.2, -0.15) is 0 Å². The number of hydrogen-bond acceptors (Lipinski definition) is 6. The molecule has 0 spiro atoms. The molecule has 8 nitrogen and oxygen atoms in total. The normalized spacial score (nSPS) is 13.4. The van der Waals surface area contributed by atoms with Crippen LogP contribution in [0.4, 0.5) is 17.2 Å². The van der Waals surface area contributed by atoms with Crippen molar-refractivity contribution >= 4 is 34.0 Å². The molecule has 2 aromatic carbocycles. The topological polar surface area (TPSA) is 97.6 Å². The number of carbonyl (C=O) groups excluding carboxylic acids is 1. The molecule has 0 aliphatic carbocycles. The number of carbonyl (C=O) groups is 1. The molecule has 0 bridgehead atoms. The molecule has 29 heavy (non-hydrogen) atoms. The number of ether oxygens (including phenoxy) is 1. The fraction of sp³-hybridized carbons (Fsp3) is 0.238. The molecule has 8 heteroatoms. The van der Waals surface area contributed by atoms with Gasteiger partial charge < -0.3 is 15.0 Å². The molecule has 2 heterocycles. The largest absolute Gasteiger partial charge is 0.481 e. The van der Waals surface area contributed by atoms with Crippen LogP contribution in [-0.2, 0) is 4.79 Å². The first-order valence-corrected chi connectivity index (χ1v) is 9.42. The smallest absolute Gasteiger partial charge is 0.271 e. The molecule has 0 atom stereocenters. The number of fused-ring (bicyclic) bond motifs is 1. The van der Waals surface area contributed by atoms with Crippen molar-refractivity contribution in [2.45, 2.75) is 12.8 Å². The van der Waals surface area contributed by atoms with Crippen LogP contribution in [0.25, 0.3) is 10.9 Å². The van der Waals surface area contributed by atoms with Crippen LogP contribution in [0.15, 0.2) is 54.6 Å². The van der Waals surface area contributed by atoms with Crippen LogP contribution < -0.4 is 15.0 Å². The first kappa shape index (κ1) is 18.7. The number of hydrogen-bond donors (Lipinski definition) is 1. The van der Waals surface area contributed by atoms with E-state index in [0.717, 1.165) is 37.1 Å². The molecule has 4 rings (SSSR count). The number of aromatic nitrogens is 1. The molecule has 1 aliphatic rings. The van der Waals surface area contributed by atoms with E-state index in [4.69, 9.17) is 9.72 Å². The number of nitrogens with one attached hydrogen (secondary N) is 1. The highest BCUT2D eigenvalue weighted by Crippen LogP contribution is 2.28. The molecule has 0 saturated carbocycles. The maximum Gasteiger partial charge on any atom is 0.271 e. The van der Waals surface area contributed by atoms with Gasteiger partial charge in [0.2, 0.25) is 0 Å². The second-order valence-corrected chi connectivity index (χ2v) is 6.84. The van der Waals surface area contributed by atoms with Gasteiger partial charge in [-0.1, -0.05) is 18.2 Å². The third-order valence-electron chi connectivity index (χ3n) is 4.80. The zero-order valence-electron chi connectivity index (χ0n) is 15.7. The molecule has 0 unspecified atom stereocenters. The van der Waals surface area contributed by atoms with Crippen LogP contribution in [0.1, 0.15) is 12.8 Å². The highest BCUT2D eigenvalue weighted by atomic mass is 16.6. The van der Waals surface area contributed by atoms with Crippen molar-refractivity contribution in [2.24, 2.45) is 0 Å². The van der Waals surface area contributed by atoms with Crippen LogP contribution in [0, 0.1) is 10.1 Å². The maximum atomic E-state index is 12.2. The average molecular weight is 392 g/mol. The molecular weight excluding hydrogens is 372 g/mol. The first-order valence-electron chi connectivity index (χ1n) is 9.42. The van der Waals surface area contributed by atoms with E-state index in [-0.39, 0.29) is 12.3 Å². The summed E-state index contributed by atoms with van der Waals surface area (Å²) in [4.78, 5) is 29.6. The summed E-state index contributed by atoms with van der Waals surface area (Å²) in [6.45, 7) is 1.76. The molecule has 1 saturated heterocycles. The number of nitro groups is 1. The summed E-state index contributed by atoms with van der Waals surface area (Å²) in [6.07, 6.45) is 2.32. The summed E-state index contributed by atoms with van der Waals surface area (Å²) in [7, 11) is 0. The number of para-hydroxylation sites is 1. The van der Waals surface area contributed by atoms with E-state index in [1.807, 2.05) is 24.3 Å². The predicted octanol–water partition coefficient (Wildman–Crippen LogP) is 3.76. The van der Waals surface area contributed by atoms with Crippen molar-refractivity contribution in [1.82, 2.24) is 4.98 Å². The zero-order valence-corrected chi connectivity index (χ0v) is 15.7. The summed E-state index contributed by atoms with van der Waals surface area (Å²) in [6, 6.07) is 15.4. The van der Waals surface area contributed by atoms with Gasteiger partial charge >= 0.3 is 0 Å². The minimum absolute atomic E-state index is 0.0867. The molecule has 1 aromatic heterocycles. The van der Waals surface area contributed by atoms with E-state index < -0.39 is 10.8 Å². The summed E-state index contributed by atoms with van der Waals surface area (Å²) in [5.41, 5.74) is 0.969. The van der Waals surface area contributed by atoms with E-state index in [1.165, 1.54) is 18.2 Å². The quantitative estimate of drug-likeness (QED) is 0.507. The van der Waals surface area contributed by atoms with E-state index in [1.54, 1.807) is 12.1 Å². The summed E-state index contributed by atoms with van der Waals surface area (Å²) < 4.78 is 5.72. The number of nitrogens with zero attached hydrogens (tertiary/aromatic N) is 3. The number of amides is 1. The average Bonchev–Trinajstić information content (AvgIpc) is 3.27. The lowest BCUT2D eigenvalue weighted by molar-refractivity contribution is -0.384. The highest BCUT2D eigenvalue weighted by molar-refractivity contribution is 5.93. The third-order valence-corrected chi connectivity index (χ3v) is 4.80. The van der Waals surface area contributed by atoms with Gasteiger partial charge in [0.1, 0.15) is 17.1 Å². The van der Waals surface area contributed by atoms with Crippen molar-refractivity contribution in [3.05, 3.63) is 64.7 Å². The van der Waals surface area contributed by atoms with Crippen molar-refractivity contribution in [1.29, 1.82) is 0 Å². The first-order chi connectivity index (χ1) is 14.1. The number of pyridine rings is 1. The SMILES string of the molecule is O=C(COc1cccc2ccc(N3CCCC3)nc12)Nc1cccc([N+](=O)[O-])c1. The van der Waals surface area contributed by atoms with Crippen LogP contribution in [0.5, 0.6) is 5.75 Å². The monoisotopic (exact) mass is 392 g/mol. The third kappa shape index (κ3) is 4.26. The van der Waals surface area contributed by atoms with Gasteiger partial charge in [-0.05, 0) is 37.1 Å². The molecule has 1 fully saturated rings. The standard InChI is InChI=1S/C21H20N4O4/c26-20(22-16-6-4-7-17(13-16)25(27)28)14-29-18-8-3-5-15-9-10-19(23-21(15)18)24-11-1-2-12-24/h3-10,13H,1-2,11-12,14H2,(H,22,26). The maximum absolute atomic E-state index is 12.2. The van der Waals surface area contributed by atoms with E-state index in [0.29, 0.717) is 17.0 Å². The second-order valence-electron chi connectivity index (χ2n) is 6.84. The molecule has 3 aromatic rings. The van der Waals surface area contributed by atoms with Crippen LogP contribution in [0.2, 0.25) is 0 Å². The Balaban J connectivity index is 1.47. The Morgan fingerprint density at radius 1 is 1.14 bits per heavy atom. The fourth-order valence-electron chi connectivity index (χ4n) is 3.39. The lowest BCUT2D eigenvalue weighted by Crippen LogP contribution is -2.20. The Kier molecular flexibility index (Phi) is 5.24. The molecule has 1 N–H and O–H groups in total. The Hall–Kier alpha value is -3.68. The fourth-order valence-corrected chi connectivity index (χ4v) is 3.39. The lowest BCUT2D eigenvalue weighted by Gasteiger charge is -2.17. The Morgan fingerprint density at radius 3 is 2.72 bits per heavy atom. The molecule has 0 radical (unpaired) electrons. The predicted molar refractivity (Wildman–Crippen MR) is 110 cm³/mol. The van der Waals surface area contributed by atoms with Gasteiger partial charge in [0.15, 0.2) is 6.61 Å². The van der Waals surface area contributed by atoms with Crippen molar-refractivity contribution < 1.29 is 14.5 Å². The summed E-state index contributed by atoms with van der Waals surface area (Å²) in [5, 5.41) is 14.4. The summed E-state index contributed by atoms with van der Waals surface area (Å²) >= 11 is 0. The van der Waals surface area contributed by atoms with Gasteiger partial charge in [-0.15, -0.1) is 0 Å². The van der Waals surface area contributed by atoms with Gasteiger partial charge in [0.05, 0.1) is 4.92 Å². The second kappa shape index (κ2) is 8.14. The molecule has 1 aliphatic heterocycles. The lowest BCUT2D eigenvalue weighted by atomic mass is 10.2. The zero-order chi connectivity index (χ0) is 20.2. The Morgan fingerprint density at radius 2 is 1.93 bits per heavy atom. The van der Waals surface area contributed by atoms with Crippen LogP contribution in [0.3, 0.4) is 0 Å². The Labute approximate surface area is 167 Å². The van der Waals surface area contributed by atoms with Crippen molar-refractivity contribution in [3.63, 3.8) is 0 Å². The molecule has 1 amide bonds. The van der Waals surface area contributed by atoms with Gasteiger partial charge in [0.25, 0.3) is 11.6 Å². The summed E-state index contributed by atoms with van der Waals surface area (Å²) in [5.74, 6) is 1.03. The number of nitro benzene ring substituents is 1. The van der Waals surface area contributed by atoms with Crippen molar-refractivity contribution in [3.8, 4) is 5.75 Å². The minimum Gasteiger partial charge on any atom is -0.481 e. The Bertz CT molecular complexity index is 1060. The minimum atomic E-state index is -0.508. The number of non-ortho nitro benzene ring substituents is 1. The highest BCUT2D eigenvalue weighted by Gasteiger charge is 2.15. The van der Waals surface area contributed by atoms with Crippen LogP contribution in [-0.4, -0.2) is 35.5 Å². The van der Waals surface area contributed by atoms with Gasteiger partial charge in [0, 0.05) is 36.3 Å². The van der Waals surface area contributed by atoms with E-state index >= 15 is 0 Å². The molecule has 148 valence electrons. The number of anilines is 2. The van der Waals surface area contributed by atoms with E-state index in [9.17, 15) is 14.9 Å². The van der Waals surface area contributed by atoms with Crippen molar-refractivity contribution in [2.75, 3.05) is 29.9 Å². The number of rotatable bonds is 6. The van der Waals surface area contributed by atoms with Gasteiger partial charge in [-0.25, -0.2) is 4.98 Å². The number of benzene rings is 2. The van der Waals surface area contributed by atoms with Crippen LogP contribution >= 0.6 is 0 Å². The van der Waals surface area contributed by atoms with E-state index in [2.05, 4.69) is 10.2 Å². The van der Waals surface area contributed by atoms with Gasteiger partial charge in [-0.3, -0.25) is 14.9 Å².